The lowest BCUT2D eigenvalue weighted by Gasteiger charge is -2.04. The van der Waals surface area contributed by atoms with E-state index in [1.807, 2.05) is 13.1 Å². The molecule has 0 N–H and O–H groups in total. The number of nitrogens with zero attached hydrogens (tertiary/aromatic N) is 2. The lowest BCUT2D eigenvalue weighted by molar-refractivity contribution is -0.286. The van der Waals surface area contributed by atoms with Gasteiger partial charge in [0, 0.05) is 12.3 Å². The number of aromatic nitrogens is 2. The quantitative estimate of drug-likeness (QED) is 0.843. The Morgan fingerprint density at radius 1 is 1.20 bits per heavy atom. The van der Waals surface area contributed by atoms with E-state index in [0.717, 1.165) is 11.3 Å². The summed E-state index contributed by atoms with van der Waals surface area (Å²) in [6.45, 7) is 6.08. The van der Waals surface area contributed by atoms with Crippen LogP contribution in [0.4, 0.5) is 8.78 Å². The van der Waals surface area contributed by atoms with Crippen LogP contribution in [0.1, 0.15) is 31.0 Å². The molecule has 0 saturated heterocycles. The third kappa shape index (κ3) is 2.11. The van der Waals surface area contributed by atoms with E-state index in [4.69, 9.17) is 0 Å². The predicted molar refractivity (Wildman–Crippen MR) is 68.6 cm³/mol. The summed E-state index contributed by atoms with van der Waals surface area (Å²) in [6, 6.07) is 4.62. The molecule has 0 amide bonds. The number of alkyl halides is 2. The molecular weight excluding hydrogens is 266 g/mol. The Balaban J connectivity index is 1.99. The van der Waals surface area contributed by atoms with Gasteiger partial charge in [-0.15, -0.1) is 8.78 Å². The molecule has 0 radical (unpaired) electrons. The molecule has 20 heavy (non-hydrogen) atoms. The first kappa shape index (κ1) is 12.9. The highest BCUT2D eigenvalue weighted by atomic mass is 19.3. The Labute approximate surface area is 114 Å². The zero-order valence-electron chi connectivity index (χ0n) is 11.4. The van der Waals surface area contributed by atoms with Crippen molar-refractivity contribution in [2.75, 3.05) is 0 Å². The molecule has 1 aliphatic rings. The maximum absolute atomic E-state index is 13.0. The average Bonchev–Trinajstić information content (AvgIpc) is 2.86. The summed E-state index contributed by atoms with van der Waals surface area (Å²) in [5.74, 6) is 0.355. The van der Waals surface area contributed by atoms with Crippen molar-refractivity contribution in [3.63, 3.8) is 0 Å². The smallest absolute Gasteiger partial charge is 0.395 e. The molecule has 0 bridgehead atoms. The van der Waals surface area contributed by atoms with Crippen molar-refractivity contribution in [3.05, 3.63) is 35.7 Å². The molecule has 6 heteroatoms. The molecule has 0 fully saturated rings. The number of hydrogen-bond acceptors (Lipinski definition) is 3. The van der Waals surface area contributed by atoms with E-state index in [1.165, 1.54) is 12.1 Å². The number of rotatable bonds is 2. The average molecular weight is 280 g/mol. The molecule has 0 unspecified atom stereocenters. The minimum Gasteiger partial charge on any atom is -0.395 e. The van der Waals surface area contributed by atoms with Crippen molar-refractivity contribution < 1.29 is 18.3 Å². The minimum absolute atomic E-state index is 0.0201. The van der Waals surface area contributed by atoms with Crippen LogP contribution in [0.5, 0.6) is 11.5 Å². The molecule has 106 valence electrons. The normalized spacial score (nSPS) is 15.9. The fourth-order valence-electron chi connectivity index (χ4n) is 2.26. The van der Waals surface area contributed by atoms with Gasteiger partial charge in [-0.1, -0.05) is 13.8 Å². The molecule has 3 rings (SSSR count). The number of aryl methyl sites for hydroxylation is 1. The molecule has 2 heterocycles. The van der Waals surface area contributed by atoms with Crippen molar-refractivity contribution in [3.8, 4) is 17.2 Å². The fourth-order valence-corrected chi connectivity index (χ4v) is 2.26. The van der Waals surface area contributed by atoms with Crippen molar-refractivity contribution in [2.45, 2.75) is 33.0 Å². The highest BCUT2D eigenvalue weighted by molar-refractivity contribution is 5.50. The Hall–Kier alpha value is -2.11. The first-order chi connectivity index (χ1) is 9.35. The van der Waals surface area contributed by atoms with Gasteiger partial charge in [-0.05, 0) is 30.5 Å². The molecule has 0 aliphatic carbocycles. The molecule has 0 atom stereocenters. The van der Waals surface area contributed by atoms with Crippen LogP contribution in [0, 0.1) is 6.92 Å². The summed E-state index contributed by atoms with van der Waals surface area (Å²) in [7, 11) is 0. The fraction of sp³-hybridized carbons (Fsp3) is 0.357. The minimum atomic E-state index is -3.59. The van der Waals surface area contributed by atoms with Gasteiger partial charge in [0.05, 0.1) is 11.4 Å². The highest BCUT2D eigenvalue weighted by Gasteiger charge is 2.43. The molecule has 0 spiro atoms. The topological polar surface area (TPSA) is 36.3 Å². The Kier molecular flexibility index (Phi) is 2.70. The summed E-state index contributed by atoms with van der Waals surface area (Å²) in [5, 5.41) is 4.47. The van der Waals surface area contributed by atoms with E-state index in [1.54, 1.807) is 10.7 Å². The summed E-state index contributed by atoms with van der Waals surface area (Å²) in [5.41, 5.74) is 2.69. The van der Waals surface area contributed by atoms with Crippen molar-refractivity contribution in [2.24, 2.45) is 0 Å². The Morgan fingerprint density at radius 3 is 2.55 bits per heavy atom. The number of hydrogen-bond donors (Lipinski definition) is 0. The summed E-state index contributed by atoms with van der Waals surface area (Å²) >= 11 is 0. The van der Waals surface area contributed by atoms with E-state index < -0.39 is 6.29 Å². The van der Waals surface area contributed by atoms with Gasteiger partial charge in [-0.25, -0.2) is 4.68 Å². The lowest BCUT2D eigenvalue weighted by atomic mass is 10.1. The van der Waals surface area contributed by atoms with E-state index >= 15 is 0 Å². The number of halogens is 2. The zero-order valence-corrected chi connectivity index (χ0v) is 11.4. The van der Waals surface area contributed by atoms with Gasteiger partial charge in [0.2, 0.25) is 0 Å². The van der Waals surface area contributed by atoms with Gasteiger partial charge in [-0.2, -0.15) is 5.10 Å². The van der Waals surface area contributed by atoms with E-state index in [2.05, 4.69) is 28.4 Å². The molecule has 0 saturated carbocycles. The lowest BCUT2D eigenvalue weighted by Crippen LogP contribution is -2.25. The van der Waals surface area contributed by atoms with Gasteiger partial charge in [-0.3, -0.25) is 0 Å². The van der Waals surface area contributed by atoms with E-state index in [9.17, 15) is 8.78 Å². The Bertz CT molecular complexity index is 665. The summed E-state index contributed by atoms with van der Waals surface area (Å²) in [6.07, 6.45) is -1.73. The van der Waals surface area contributed by atoms with Crippen molar-refractivity contribution >= 4 is 0 Å². The van der Waals surface area contributed by atoms with E-state index in [-0.39, 0.29) is 11.5 Å². The summed E-state index contributed by atoms with van der Waals surface area (Å²) in [4.78, 5) is 0. The second kappa shape index (κ2) is 4.19. The predicted octanol–water partition coefficient (Wildman–Crippen LogP) is 3.63. The first-order valence-electron chi connectivity index (χ1n) is 6.32. The van der Waals surface area contributed by atoms with Crippen LogP contribution in [-0.4, -0.2) is 16.1 Å². The van der Waals surface area contributed by atoms with Crippen LogP contribution in [0.2, 0.25) is 0 Å². The Morgan fingerprint density at radius 2 is 1.90 bits per heavy atom. The van der Waals surface area contributed by atoms with Gasteiger partial charge in [0.15, 0.2) is 11.5 Å². The van der Waals surface area contributed by atoms with Gasteiger partial charge in [0.1, 0.15) is 0 Å². The molecule has 1 aromatic carbocycles. The third-order valence-electron chi connectivity index (χ3n) is 3.13. The number of ether oxygens (including phenoxy) is 2. The molecule has 1 aliphatic heterocycles. The maximum atomic E-state index is 13.0. The van der Waals surface area contributed by atoms with Crippen LogP contribution < -0.4 is 9.47 Å². The van der Waals surface area contributed by atoms with Gasteiger partial charge < -0.3 is 9.47 Å². The highest BCUT2D eigenvalue weighted by Crippen LogP contribution is 2.41. The van der Waals surface area contributed by atoms with Crippen LogP contribution in [0.25, 0.3) is 5.69 Å². The second-order valence-electron chi connectivity index (χ2n) is 5.10. The van der Waals surface area contributed by atoms with Crippen LogP contribution in [0.15, 0.2) is 24.4 Å². The number of fused-ring (bicyclic) bond motifs is 1. The van der Waals surface area contributed by atoms with Crippen molar-refractivity contribution in [1.82, 2.24) is 9.78 Å². The van der Waals surface area contributed by atoms with Crippen molar-refractivity contribution in [1.29, 1.82) is 0 Å². The largest absolute Gasteiger partial charge is 0.586 e. The van der Waals surface area contributed by atoms with Crippen LogP contribution >= 0.6 is 0 Å². The first-order valence-corrected chi connectivity index (χ1v) is 6.32. The molecular formula is C14H14F2N2O2. The SMILES string of the molecule is Cc1cn(-c2ccc3c(c2)OC(F)(F)O3)nc1C(C)C. The van der Waals surface area contributed by atoms with E-state index in [0.29, 0.717) is 11.6 Å². The summed E-state index contributed by atoms with van der Waals surface area (Å²) < 4.78 is 36.4. The van der Waals surface area contributed by atoms with Crippen LogP contribution in [0.3, 0.4) is 0 Å². The molecule has 1 aromatic heterocycles. The maximum Gasteiger partial charge on any atom is 0.586 e. The molecule has 4 nitrogen and oxygen atoms in total. The second-order valence-corrected chi connectivity index (χ2v) is 5.10. The van der Waals surface area contributed by atoms with Gasteiger partial charge >= 0.3 is 6.29 Å². The molecule has 2 aromatic rings. The number of benzene rings is 1. The standard InChI is InChI=1S/C14H14F2N2O2/c1-8(2)13-9(3)7-18(17-13)10-4-5-11-12(6-10)20-14(15,16)19-11/h4-8H,1-3H3. The monoisotopic (exact) mass is 280 g/mol. The van der Waals surface area contributed by atoms with Crippen LogP contribution in [-0.2, 0) is 0 Å². The zero-order chi connectivity index (χ0) is 14.5. The third-order valence-corrected chi connectivity index (χ3v) is 3.13. The van der Waals surface area contributed by atoms with Gasteiger partial charge in [0.25, 0.3) is 0 Å².